The van der Waals surface area contributed by atoms with Crippen LogP contribution in [0.15, 0.2) is 82.7 Å². The molecule has 0 spiro atoms. The van der Waals surface area contributed by atoms with Gasteiger partial charge >= 0.3 is 0 Å². The van der Waals surface area contributed by atoms with Gasteiger partial charge in [0.25, 0.3) is 0 Å². The highest BCUT2D eigenvalue weighted by molar-refractivity contribution is 8.03. The predicted octanol–water partition coefficient (Wildman–Crippen LogP) is 6.03. The first-order valence-electron chi connectivity index (χ1n) is 8.06. The molecule has 0 saturated carbocycles. The van der Waals surface area contributed by atoms with Gasteiger partial charge in [-0.3, -0.25) is 0 Å². The van der Waals surface area contributed by atoms with Crippen molar-refractivity contribution in [1.29, 1.82) is 0 Å². The Balaban J connectivity index is 1.78. The Hall–Kier alpha value is -2.10. The van der Waals surface area contributed by atoms with Crippen molar-refractivity contribution in [3.8, 4) is 0 Å². The van der Waals surface area contributed by atoms with E-state index in [0.29, 0.717) is 0 Å². The first kappa shape index (κ1) is 15.4. The molecule has 0 bridgehead atoms. The maximum absolute atomic E-state index is 5.65. The topological polar surface area (TPSA) is 3.24 Å². The minimum Gasteiger partial charge on any atom is -0.335 e. The van der Waals surface area contributed by atoms with E-state index in [1.807, 2.05) is 18.2 Å². The zero-order chi connectivity index (χ0) is 16.5. The second kappa shape index (κ2) is 6.42. The summed E-state index contributed by atoms with van der Waals surface area (Å²) in [5.74, 6) is 0. The summed E-state index contributed by atoms with van der Waals surface area (Å²) in [5, 5.41) is 3.79. The Morgan fingerprint density at radius 1 is 1.00 bits per heavy atom. The molecule has 0 atom stereocenters. The quantitative estimate of drug-likeness (QED) is 0.323. The standard InChI is InChI=1S/C21H17NS2/c1-2-22-20(14-18(23)16-9-4-3-5-10-16)24-19-13-12-15-8-6-7-11-17(15)21(19)22/h3-14H,2H2,1H3. The molecule has 3 aromatic carbocycles. The summed E-state index contributed by atoms with van der Waals surface area (Å²) in [6.07, 6.45) is 2.13. The third kappa shape index (κ3) is 2.64. The maximum atomic E-state index is 5.65. The monoisotopic (exact) mass is 347 g/mol. The zero-order valence-corrected chi connectivity index (χ0v) is 15.0. The number of thioether (sulfide) groups is 1. The van der Waals surface area contributed by atoms with Gasteiger partial charge in [0.05, 0.1) is 10.7 Å². The summed E-state index contributed by atoms with van der Waals surface area (Å²) in [6, 6.07) is 23.2. The molecular weight excluding hydrogens is 330 g/mol. The Morgan fingerprint density at radius 2 is 1.75 bits per heavy atom. The minimum absolute atomic E-state index is 0.883. The molecule has 0 aliphatic carbocycles. The largest absolute Gasteiger partial charge is 0.335 e. The average Bonchev–Trinajstić information content (AvgIpc) is 3.00. The van der Waals surface area contributed by atoms with Crippen molar-refractivity contribution < 1.29 is 0 Å². The van der Waals surface area contributed by atoms with E-state index in [-0.39, 0.29) is 0 Å². The van der Waals surface area contributed by atoms with Gasteiger partial charge < -0.3 is 4.90 Å². The summed E-state index contributed by atoms with van der Waals surface area (Å²) >= 11 is 7.45. The maximum Gasteiger partial charge on any atom is 0.0816 e. The fourth-order valence-electron chi connectivity index (χ4n) is 3.09. The first-order chi connectivity index (χ1) is 11.8. The highest BCUT2D eigenvalue weighted by atomic mass is 32.2. The highest BCUT2D eigenvalue weighted by Gasteiger charge is 2.26. The minimum atomic E-state index is 0.883. The Labute approximate surface area is 152 Å². The molecule has 1 aliphatic heterocycles. The highest BCUT2D eigenvalue weighted by Crippen LogP contribution is 2.49. The number of nitrogens with zero attached hydrogens (tertiary/aromatic N) is 1. The van der Waals surface area contributed by atoms with Gasteiger partial charge in [-0.05, 0) is 30.0 Å². The van der Waals surface area contributed by atoms with E-state index in [1.54, 1.807) is 11.8 Å². The predicted molar refractivity (Wildman–Crippen MR) is 109 cm³/mol. The number of fused-ring (bicyclic) bond motifs is 3. The molecule has 0 saturated heterocycles. The Morgan fingerprint density at radius 3 is 2.54 bits per heavy atom. The van der Waals surface area contributed by atoms with Gasteiger partial charge in [0.1, 0.15) is 0 Å². The molecule has 3 aromatic rings. The Bertz CT molecular complexity index is 944. The average molecular weight is 348 g/mol. The second-order valence-electron chi connectivity index (χ2n) is 5.69. The fraction of sp³-hybridized carbons (Fsp3) is 0.0952. The number of thiocarbonyl (C=S) groups is 1. The molecular formula is C21H17NS2. The van der Waals surface area contributed by atoms with Crippen molar-refractivity contribution in [2.75, 3.05) is 11.4 Å². The van der Waals surface area contributed by atoms with Gasteiger partial charge in [0.2, 0.25) is 0 Å². The summed E-state index contributed by atoms with van der Waals surface area (Å²) in [4.78, 5) is 4.56. The Kier molecular flexibility index (Phi) is 4.13. The van der Waals surface area contributed by atoms with Crippen LogP contribution >= 0.6 is 24.0 Å². The number of hydrogen-bond donors (Lipinski definition) is 0. The van der Waals surface area contributed by atoms with E-state index in [0.717, 1.165) is 17.0 Å². The zero-order valence-electron chi connectivity index (χ0n) is 13.4. The van der Waals surface area contributed by atoms with Gasteiger partial charge in [0.15, 0.2) is 0 Å². The fourth-order valence-corrected chi connectivity index (χ4v) is 4.60. The van der Waals surface area contributed by atoms with Crippen LogP contribution < -0.4 is 4.90 Å². The van der Waals surface area contributed by atoms with Crippen LogP contribution in [0.25, 0.3) is 10.8 Å². The molecule has 3 heteroatoms. The van der Waals surface area contributed by atoms with Crippen LogP contribution in [-0.4, -0.2) is 11.4 Å². The molecule has 0 fully saturated rings. The van der Waals surface area contributed by atoms with Crippen LogP contribution in [-0.2, 0) is 0 Å². The molecule has 0 amide bonds. The molecule has 0 N–H and O–H groups in total. The van der Waals surface area contributed by atoms with Crippen molar-refractivity contribution in [1.82, 2.24) is 0 Å². The lowest BCUT2D eigenvalue weighted by molar-refractivity contribution is 1.01. The summed E-state index contributed by atoms with van der Waals surface area (Å²) in [7, 11) is 0. The lowest BCUT2D eigenvalue weighted by Crippen LogP contribution is -2.17. The summed E-state index contributed by atoms with van der Waals surface area (Å²) in [5.41, 5.74) is 2.40. The van der Waals surface area contributed by atoms with Crippen molar-refractivity contribution in [2.45, 2.75) is 11.8 Å². The van der Waals surface area contributed by atoms with Crippen molar-refractivity contribution >= 4 is 45.3 Å². The summed E-state index contributed by atoms with van der Waals surface area (Å²) in [6.45, 7) is 3.12. The van der Waals surface area contributed by atoms with E-state index >= 15 is 0 Å². The van der Waals surface area contributed by atoms with Gasteiger partial charge in [0, 0.05) is 21.7 Å². The third-order valence-electron chi connectivity index (χ3n) is 4.24. The van der Waals surface area contributed by atoms with Crippen LogP contribution in [0.5, 0.6) is 0 Å². The SMILES string of the molecule is CCN1C(=CC(=S)c2ccccc2)Sc2ccc3ccccc3c21. The molecule has 1 nitrogen and oxygen atoms in total. The van der Waals surface area contributed by atoms with Crippen LogP contribution in [0, 0.1) is 0 Å². The molecule has 1 heterocycles. The number of rotatable bonds is 3. The van der Waals surface area contributed by atoms with Crippen LogP contribution in [0.2, 0.25) is 0 Å². The van der Waals surface area contributed by atoms with Crippen LogP contribution in [0.1, 0.15) is 12.5 Å². The van der Waals surface area contributed by atoms with E-state index in [4.69, 9.17) is 12.2 Å². The molecule has 4 rings (SSSR count). The van der Waals surface area contributed by atoms with E-state index < -0.39 is 0 Å². The molecule has 0 aromatic heterocycles. The van der Waals surface area contributed by atoms with Gasteiger partial charge in [-0.15, -0.1) is 0 Å². The van der Waals surface area contributed by atoms with Crippen molar-refractivity contribution in [2.24, 2.45) is 0 Å². The smallest absolute Gasteiger partial charge is 0.0816 e. The number of allylic oxidation sites excluding steroid dienone is 1. The van der Waals surface area contributed by atoms with Gasteiger partial charge in [-0.1, -0.05) is 84.6 Å². The van der Waals surface area contributed by atoms with Crippen LogP contribution in [0.4, 0.5) is 5.69 Å². The molecule has 1 aliphatic rings. The third-order valence-corrected chi connectivity index (χ3v) is 5.69. The lowest BCUT2D eigenvalue weighted by Gasteiger charge is -2.20. The van der Waals surface area contributed by atoms with Crippen molar-refractivity contribution in [3.63, 3.8) is 0 Å². The number of hydrogen-bond acceptors (Lipinski definition) is 3. The second-order valence-corrected chi connectivity index (χ2v) is 7.19. The molecule has 0 radical (unpaired) electrons. The number of benzene rings is 3. The van der Waals surface area contributed by atoms with Crippen molar-refractivity contribution in [3.05, 3.63) is 83.4 Å². The summed E-state index contributed by atoms with van der Waals surface area (Å²) < 4.78 is 0. The lowest BCUT2D eigenvalue weighted by atomic mass is 10.1. The normalized spacial score (nSPS) is 15.0. The van der Waals surface area contributed by atoms with E-state index in [1.165, 1.54) is 26.4 Å². The van der Waals surface area contributed by atoms with E-state index in [9.17, 15) is 0 Å². The van der Waals surface area contributed by atoms with Crippen LogP contribution in [0.3, 0.4) is 0 Å². The molecule has 0 unspecified atom stereocenters. The molecule has 24 heavy (non-hydrogen) atoms. The molecule has 118 valence electrons. The van der Waals surface area contributed by atoms with E-state index in [2.05, 4.69) is 66.4 Å². The number of anilines is 1. The van der Waals surface area contributed by atoms with Gasteiger partial charge in [-0.25, -0.2) is 0 Å². The first-order valence-corrected chi connectivity index (χ1v) is 9.28. The van der Waals surface area contributed by atoms with Gasteiger partial charge in [-0.2, -0.15) is 0 Å².